The lowest BCUT2D eigenvalue weighted by Gasteiger charge is -2.38. The van der Waals surface area contributed by atoms with E-state index >= 15 is 0 Å². The normalized spacial score (nSPS) is 27.9. The van der Waals surface area contributed by atoms with Crippen LogP contribution in [0.2, 0.25) is 0 Å². The van der Waals surface area contributed by atoms with Crippen molar-refractivity contribution in [2.45, 2.75) is 91.9 Å². The van der Waals surface area contributed by atoms with Gasteiger partial charge in [-0.05, 0) is 69.1 Å². The van der Waals surface area contributed by atoms with Gasteiger partial charge in [0.05, 0.1) is 0 Å². The molecule has 4 heteroatoms. The predicted molar refractivity (Wildman–Crippen MR) is 118 cm³/mol. The zero-order valence-electron chi connectivity index (χ0n) is 19.4. The number of likely N-dealkylation sites (tertiary alicyclic amines) is 2. The zero-order chi connectivity index (χ0) is 21.0. The van der Waals surface area contributed by atoms with E-state index in [0.717, 1.165) is 56.8 Å². The summed E-state index contributed by atoms with van der Waals surface area (Å²) in [5.74, 6) is 3.45. The molecule has 0 aromatic carbocycles. The van der Waals surface area contributed by atoms with Crippen molar-refractivity contribution in [3.8, 4) is 0 Å². The first-order valence-corrected chi connectivity index (χ1v) is 12.3. The minimum absolute atomic E-state index is 0.256. The summed E-state index contributed by atoms with van der Waals surface area (Å²) in [5, 5.41) is 0. The van der Waals surface area contributed by atoms with Gasteiger partial charge in [-0.2, -0.15) is 0 Å². The van der Waals surface area contributed by atoms with Crippen molar-refractivity contribution in [3.05, 3.63) is 0 Å². The van der Waals surface area contributed by atoms with Gasteiger partial charge in [0.2, 0.25) is 11.8 Å². The first kappa shape index (κ1) is 22.6. The van der Waals surface area contributed by atoms with Crippen molar-refractivity contribution >= 4 is 11.8 Å². The van der Waals surface area contributed by atoms with Crippen molar-refractivity contribution in [3.63, 3.8) is 0 Å². The van der Waals surface area contributed by atoms with Crippen molar-refractivity contribution in [2.75, 3.05) is 26.2 Å². The maximum atomic E-state index is 12.8. The summed E-state index contributed by atoms with van der Waals surface area (Å²) in [6, 6.07) is 0. The Balaban J connectivity index is 1.32. The molecule has 0 atom stereocenters. The smallest absolute Gasteiger partial charge is 0.227 e. The van der Waals surface area contributed by atoms with E-state index in [1.54, 1.807) is 0 Å². The first-order chi connectivity index (χ1) is 13.7. The largest absolute Gasteiger partial charge is 0.342 e. The number of hydrogen-bond acceptors (Lipinski definition) is 2. The SMILES string of the molecule is CC1CCC(C(=O)N2CCC(CCC3CCN(C(=O)C(C)(C)C)CC3)CC2)CC1. The van der Waals surface area contributed by atoms with Crippen LogP contribution in [0.15, 0.2) is 0 Å². The Labute approximate surface area is 178 Å². The van der Waals surface area contributed by atoms with E-state index in [1.807, 2.05) is 20.8 Å². The van der Waals surface area contributed by atoms with E-state index in [-0.39, 0.29) is 5.41 Å². The molecule has 4 nitrogen and oxygen atoms in total. The highest BCUT2D eigenvalue weighted by atomic mass is 16.2. The minimum Gasteiger partial charge on any atom is -0.342 e. The molecular weight excluding hydrogens is 360 g/mol. The van der Waals surface area contributed by atoms with Gasteiger partial charge < -0.3 is 9.80 Å². The second-order valence-electron chi connectivity index (χ2n) is 11.3. The van der Waals surface area contributed by atoms with Crippen LogP contribution in [0.4, 0.5) is 0 Å². The van der Waals surface area contributed by atoms with Crippen LogP contribution in [0, 0.1) is 29.1 Å². The van der Waals surface area contributed by atoms with Crippen LogP contribution in [-0.2, 0) is 9.59 Å². The minimum atomic E-state index is -0.256. The molecule has 1 aliphatic carbocycles. The summed E-state index contributed by atoms with van der Waals surface area (Å²) < 4.78 is 0. The van der Waals surface area contributed by atoms with Crippen molar-refractivity contribution < 1.29 is 9.59 Å². The summed E-state index contributed by atoms with van der Waals surface area (Å²) in [7, 11) is 0. The highest BCUT2D eigenvalue weighted by Crippen LogP contribution is 2.33. The molecule has 29 heavy (non-hydrogen) atoms. The van der Waals surface area contributed by atoms with Gasteiger partial charge in [-0.15, -0.1) is 0 Å². The van der Waals surface area contributed by atoms with Crippen molar-refractivity contribution in [1.82, 2.24) is 9.80 Å². The first-order valence-electron chi connectivity index (χ1n) is 12.3. The van der Waals surface area contributed by atoms with E-state index < -0.39 is 0 Å². The monoisotopic (exact) mass is 404 g/mol. The number of carbonyl (C=O) groups is 2. The quantitative estimate of drug-likeness (QED) is 0.653. The average molecular weight is 405 g/mol. The Kier molecular flexibility index (Phi) is 7.67. The fraction of sp³-hybridized carbons (Fsp3) is 0.920. The Hall–Kier alpha value is -1.06. The van der Waals surface area contributed by atoms with Gasteiger partial charge in [0.25, 0.3) is 0 Å². The molecule has 0 aromatic heterocycles. The highest BCUT2D eigenvalue weighted by Gasteiger charge is 2.32. The molecule has 2 saturated heterocycles. The van der Waals surface area contributed by atoms with E-state index in [0.29, 0.717) is 17.7 Å². The number of hydrogen-bond donors (Lipinski definition) is 0. The molecule has 0 N–H and O–H groups in total. The zero-order valence-corrected chi connectivity index (χ0v) is 19.4. The van der Waals surface area contributed by atoms with Crippen molar-refractivity contribution in [2.24, 2.45) is 29.1 Å². The molecule has 0 spiro atoms. The summed E-state index contributed by atoms with van der Waals surface area (Å²) >= 11 is 0. The summed E-state index contributed by atoms with van der Waals surface area (Å²) in [6.07, 6.45) is 12.0. The van der Waals surface area contributed by atoms with Gasteiger partial charge in [-0.3, -0.25) is 9.59 Å². The molecule has 2 heterocycles. The molecule has 0 unspecified atom stereocenters. The third kappa shape index (κ3) is 6.21. The van der Waals surface area contributed by atoms with Gasteiger partial charge in [0.1, 0.15) is 0 Å². The molecule has 0 bridgehead atoms. The van der Waals surface area contributed by atoms with Gasteiger partial charge in [-0.25, -0.2) is 0 Å². The van der Waals surface area contributed by atoms with Crippen LogP contribution in [0.5, 0.6) is 0 Å². The molecule has 3 aliphatic rings. The number of piperidine rings is 2. The molecule has 1 saturated carbocycles. The number of carbonyl (C=O) groups excluding carboxylic acids is 2. The van der Waals surface area contributed by atoms with Crippen LogP contribution < -0.4 is 0 Å². The molecule has 3 fully saturated rings. The molecule has 166 valence electrons. The van der Waals surface area contributed by atoms with Crippen LogP contribution in [0.1, 0.15) is 91.9 Å². The van der Waals surface area contributed by atoms with E-state index in [9.17, 15) is 9.59 Å². The van der Waals surface area contributed by atoms with Crippen LogP contribution in [0.3, 0.4) is 0 Å². The van der Waals surface area contributed by atoms with Crippen LogP contribution in [-0.4, -0.2) is 47.8 Å². The molecule has 2 aliphatic heterocycles. The summed E-state index contributed by atoms with van der Waals surface area (Å²) in [6.45, 7) is 12.2. The standard InChI is InChI=1S/C25H44N2O2/c1-19-5-9-22(10-6-19)23(28)26-15-11-20(12-16-26)7-8-21-13-17-27(18-14-21)24(29)25(2,3)4/h19-22H,5-18H2,1-4H3. The van der Waals surface area contributed by atoms with E-state index in [1.165, 1.54) is 51.4 Å². The van der Waals surface area contributed by atoms with Crippen molar-refractivity contribution in [1.29, 1.82) is 0 Å². The Morgan fingerprint density at radius 3 is 1.62 bits per heavy atom. The average Bonchev–Trinajstić information content (AvgIpc) is 2.72. The topological polar surface area (TPSA) is 40.6 Å². The van der Waals surface area contributed by atoms with Gasteiger partial charge in [0.15, 0.2) is 0 Å². The number of nitrogens with zero attached hydrogens (tertiary/aromatic N) is 2. The number of amides is 2. The maximum absolute atomic E-state index is 12.8. The fourth-order valence-corrected chi connectivity index (χ4v) is 5.58. The molecular formula is C25H44N2O2. The lowest BCUT2D eigenvalue weighted by molar-refractivity contribution is -0.141. The maximum Gasteiger partial charge on any atom is 0.227 e. The van der Waals surface area contributed by atoms with E-state index in [2.05, 4.69) is 16.7 Å². The third-order valence-corrected chi connectivity index (χ3v) is 7.82. The third-order valence-electron chi connectivity index (χ3n) is 7.82. The van der Waals surface area contributed by atoms with Crippen LogP contribution >= 0.6 is 0 Å². The Morgan fingerprint density at radius 1 is 0.724 bits per heavy atom. The molecule has 3 rings (SSSR count). The Bertz CT molecular complexity index is 544. The fourth-order valence-electron chi connectivity index (χ4n) is 5.58. The van der Waals surface area contributed by atoms with Gasteiger partial charge in [0, 0.05) is 37.5 Å². The van der Waals surface area contributed by atoms with Crippen LogP contribution in [0.25, 0.3) is 0 Å². The lowest BCUT2D eigenvalue weighted by atomic mass is 9.81. The lowest BCUT2D eigenvalue weighted by Crippen LogP contribution is -2.44. The van der Waals surface area contributed by atoms with E-state index in [4.69, 9.17) is 0 Å². The van der Waals surface area contributed by atoms with Gasteiger partial charge >= 0.3 is 0 Å². The number of rotatable bonds is 4. The highest BCUT2D eigenvalue weighted by molar-refractivity contribution is 5.81. The predicted octanol–water partition coefficient (Wildman–Crippen LogP) is 5.12. The van der Waals surface area contributed by atoms with Gasteiger partial charge in [-0.1, -0.05) is 40.5 Å². The second-order valence-corrected chi connectivity index (χ2v) is 11.3. The second kappa shape index (κ2) is 9.83. The molecule has 2 amide bonds. The molecule has 0 aromatic rings. The summed E-state index contributed by atoms with van der Waals surface area (Å²) in [4.78, 5) is 29.5. The summed E-state index contributed by atoms with van der Waals surface area (Å²) in [5.41, 5.74) is -0.256. The Morgan fingerprint density at radius 2 is 1.17 bits per heavy atom. The molecule has 0 radical (unpaired) electrons.